The molecule has 0 amide bonds. The molecule has 3 aromatic rings. The van der Waals surface area contributed by atoms with Crippen molar-refractivity contribution in [3.63, 3.8) is 0 Å². The van der Waals surface area contributed by atoms with E-state index < -0.39 is 10.0 Å². The third-order valence-electron chi connectivity index (χ3n) is 5.52. The predicted molar refractivity (Wildman–Crippen MR) is 117 cm³/mol. The van der Waals surface area contributed by atoms with Crippen molar-refractivity contribution in [3.05, 3.63) is 65.5 Å². The van der Waals surface area contributed by atoms with Crippen LogP contribution in [-0.2, 0) is 16.6 Å². The maximum absolute atomic E-state index is 13.2. The Morgan fingerprint density at radius 2 is 1.90 bits per heavy atom. The van der Waals surface area contributed by atoms with Crippen LogP contribution in [0.2, 0.25) is 0 Å². The average molecular weight is 444 g/mol. The molecule has 1 N–H and O–H groups in total. The first kappa shape index (κ1) is 21.5. The van der Waals surface area contributed by atoms with Crippen LogP contribution in [0.3, 0.4) is 0 Å². The molecule has 0 saturated carbocycles. The van der Waals surface area contributed by atoms with E-state index in [9.17, 15) is 12.8 Å². The van der Waals surface area contributed by atoms with Crippen molar-refractivity contribution >= 4 is 21.4 Å². The Kier molecular flexibility index (Phi) is 5.81. The summed E-state index contributed by atoms with van der Waals surface area (Å²) in [6, 6.07) is 10.0. The minimum Gasteiger partial charge on any atom is -0.355 e. The molecule has 0 unspecified atom stereocenters. The van der Waals surface area contributed by atoms with Crippen molar-refractivity contribution in [1.82, 2.24) is 19.1 Å². The molecule has 9 heteroatoms. The van der Waals surface area contributed by atoms with E-state index in [1.807, 2.05) is 26.0 Å². The number of hydrogen-bond donors (Lipinski definition) is 1. The van der Waals surface area contributed by atoms with Gasteiger partial charge in [0.05, 0.1) is 5.69 Å². The van der Waals surface area contributed by atoms with Crippen molar-refractivity contribution in [1.29, 1.82) is 0 Å². The van der Waals surface area contributed by atoms with Gasteiger partial charge >= 0.3 is 0 Å². The fourth-order valence-electron chi connectivity index (χ4n) is 3.92. The number of hydrogen-bond acceptors (Lipinski definition) is 5. The summed E-state index contributed by atoms with van der Waals surface area (Å²) in [6.07, 6.45) is 2.31. The fraction of sp³-hybridized carbons (Fsp3) is 0.364. The smallest absolute Gasteiger partial charge is 0.246 e. The number of anilines is 2. The van der Waals surface area contributed by atoms with Gasteiger partial charge in [0.25, 0.3) is 0 Å². The Bertz CT molecular complexity index is 1190. The largest absolute Gasteiger partial charge is 0.355 e. The van der Waals surface area contributed by atoms with E-state index in [-0.39, 0.29) is 16.6 Å². The van der Waals surface area contributed by atoms with Gasteiger partial charge in [0.1, 0.15) is 10.7 Å². The topological polar surface area (TPSA) is 80.1 Å². The minimum atomic E-state index is -3.60. The van der Waals surface area contributed by atoms with Gasteiger partial charge in [0.15, 0.2) is 0 Å². The maximum atomic E-state index is 13.2. The Morgan fingerprint density at radius 1 is 1.16 bits per heavy atom. The van der Waals surface area contributed by atoms with Crippen molar-refractivity contribution < 1.29 is 12.8 Å². The molecule has 2 aromatic heterocycles. The molecule has 1 fully saturated rings. The molecule has 4 rings (SSSR count). The van der Waals surface area contributed by atoms with Crippen LogP contribution in [0.25, 0.3) is 0 Å². The molecule has 0 spiro atoms. The van der Waals surface area contributed by atoms with Crippen molar-refractivity contribution in [3.8, 4) is 0 Å². The average Bonchev–Trinajstić information content (AvgIpc) is 3.37. The van der Waals surface area contributed by atoms with E-state index in [0.717, 1.165) is 22.8 Å². The lowest BCUT2D eigenvalue weighted by molar-refractivity contribution is 0.471. The molecular formula is C22H26FN5O2S. The van der Waals surface area contributed by atoms with Crippen LogP contribution in [0, 0.1) is 19.7 Å². The predicted octanol–water partition coefficient (Wildman–Crippen LogP) is 3.98. The molecule has 1 aromatic carbocycles. The molecule has 1 saturated heterocycles. The lowest BCUT2D eigenvalue weighted by Gasteiger charge is -2.17. The molecule has 3 heterocycles. The minimum absolute atomic E-state index is 0.00460. The quantitative estimate of drug-likeness (QED) is 0.623. The normalized spacial score (nSPS) is 17.2. The summed E-state index contributed by atoms with van der Waals surface area (Å²) in [7, 11) is -3.60. The van der Waals surface area contributed by atoms with Crippen LogP contribution in [0.1, 0.15) is 36.3 Å². The van der Waals surface area contributed by atoms with E-state index in [0.29, 0.717) is 31.7 Å². The van der Waals surface area contributed by atoms with Crippen LogP contribution in [0.4, 0.5) is 15.8 Å². The second kappa shape index (κ2) is 8.39. The van der Waals surface area contributed by atoms with Crippen molar-refractivity contribution in [2.45, 2.75) is 44.6 Å². The fourth-order valence-corrected chi connectivity index (χ4v) is 5.59. The monoisotopic (exact) mass is 443 g/mol. The van der Waals surface area contributed by atoms with Crippen LogP contribution >= 0.6 is 0 Å². The highest BCUT2D eigenvalue weighted by atomic mass is 32.2. The van der Waals surface area contributed by atoms with Gasteiger partial charge in [-0.15, -0.1) is 0 Å². The third-order valence-corrected chi connectivity index (χ3v) is 7.49. The molecule has 1 aliphatic heterocycles. The van der Waals surface area contributed by atoms with Crippen LogP contribution in [-0.4, -0.2) is 40.6 Å². The molecule has 164 valence electrons. The molecular weight excluding hydrogens is 417 g/mol. The zero-order chi connectivity index (χ0) is 22.2. The molecule has 1 aliphatic rings. The first-order valence-corrected chi connectivity index (χ1v) is 11.8. The summed E-state index contributed by atoms with van der Waals surface area (Å²) in [4.78, 5) is 4.93. The van der Waals surface area contributed by atoms with Crippen molar-refractivity contribution in [2.75, 3.05) is 18.4 Å². The first-order valence-electron chi connectivity index (χ1n) is 10.3. The number of benzene rings is 1. The van der Waals surface area contributed by atoms with E-state index in [1.165, 1.54) is 16.4 Å². The number of nitrogens with one attached hydrogen (secondary N) is 1. The van der Waals surface area contributed by atoms with Crippen LogP contribution < -0.4 is 5.32 Å². The number of sulfonamides is 1. The van der Waals surface area contributed by atoms with Gasteiger partial charge in [-0.3, -0.25) is 9.67 Å². The highest BCUT2D eigenvalue weighted by Crippen LogP contribution is 2.32. The second-order valence-electron chi connectivity index (χ2n) is 7.84. The molecule has 0 bridgehead atoms. The summed E-state index contributed by atoms with van der Waals surface area (Å²) >= 11 is 0. The van der Waals surface area contributed by atoms with Crippen molar-refractivity contribution in [2.24, 2.45) is 0 Å². The second-order valence-corrected chi connectivity index (χ2v) is 9.74. The lowest BCUT2D eigenvalue weighted by Crippen LogP contribution is -2.29. The molecule has 0 aliphatic carbocycles. The number of rotatable bonds is 6. The summed E-state index contributed by atoms with van der Waals surface area (Å²) in [5.41, 5.74) is 3.82. The Hall–Kier alpha value is -2.78. The van der Waals surface area contributed by atoms with Gasteiger partial charge in [0.2, 0.25) is 10.0 Å². The van der Waals surface area contributed by atoms with Gasteiger partial charge in [-0.25, -0.2) is 12.8 Å². The summed E-state index contributed by atoms with van der Waals surface area (Å²) in [5.74, 6) is -0.283. The summed E-state index contributed by atoms with van der Waals surface area (Å²) < 4.78 is 42.7. The lowest BCUT2D eigenvalue weighted by atomic mass is 10.0. The van der Waals surface area contributed by atoms with E-state index in [4.69, 9.17) is 0 Å². The van der Waals surface area contributed by atoms with Gasteiger partial charge in [-0.2, -0.15) is 9.40 Å². The van der Waals surface area contributed by atoms with Gasteiger partial charge in [-0.1, -0.05) is 0 Å². The number of pyridine rings is 1. The number of aromatic nitrogens is 3. The van der Waals surface area contributed by atoms with E-state index >= 15 is 0 Å². The number of nitrogens with zero attached hydrogens (tertiary/aromatic N) is 4. The molecule has 7 nitrogen and oxygen atoms in total. The standard InChI is InChI=1S/C22H26FN5O2S/c1-4-27-14-22(16(3)26-27)31(29,30)28-10-9-17(13-28)21-12-20(11-15(2)24-21)25-19-7-5-18(23)6-8-19/h5-8,11-12,14,17H,4,9-10,13H2,1-3H3,(H,24,25)/t17-/m1/s1. The Balaban J connectivity index is 1.54. The van der Waals surface area contributed by atoms with Gasteiger partial charge in [-0.05, 0) is 63.6 Å². The first-order chi connectivity index (χ1) is 14.8. The molecule has 1 atom stereocenters. The van der Waals surface area contributed by atoms with Gasteiger partial charge < -0.3 is 5.32 Å². The summed E-state index contributed by atoms with van der Waals surface area (Å²) in [5, 5.41) is 7.55. The zero-order valence-corrected chi connectivity index (χ0v) is 18.7. The SMILES string of the molecule is CCn1cc(S(=O)(=O)N2CC[C@@H](c3cc(Nc4ccc(F)cc4)cc(C)n3)C2)c(C)n1. The molecule has 31 heavy (non-hydrogen) atoms. The summed E-state index contributed by atoms with van der Waals surface area (Å²) in [6.45, 7) is 7.00. The highest BCUT2D eigenvalue weighted by molar-refractivity contribution is 7.89. The number of halogens is 1. The Morgan fingerprint density at radius 3 is 2.58 bits per heavy atom. The van der Waals surface area contributed by atoms with E-state index in [1.54, 1.807) is 29.9 Å². The van der Waals surface area contributed by atoms with Gasteiger partial charge in [0, 0.05) is 54.5 Å². The maximum Gasteiger partial charge on any atom is 0.246 e. The molecule has 0 radical (unpaired) electrons. The van der Waals surface area contributed by atoms with E-state index in [2.05, 4.69) is 15.4 Å². The van der Waals surface area contributed by atoms with Crippen LogP contribution in [0.15, 0.2) is 47.5 Å². The highest BCUT2D eigenvalue weighted by Gasteiger charge is 2.35. The Labute approximate surface area is 182 Å². The number of aryl methyl sites for hydroxylation is 3. The zero-order valence-electron chi connectivity index (χ0n) is 17.8. The third kappa shape index (κ3) is 4.47. The van der Waals surface area contributed by atoms with Crippen LogP contribution in [0.5, 0.6) is 0 Å².